The first-order chi connectivity index (χ1) is 9.31. The van der Waals surface area contributed by atoms with Crippen molar-refractivity contribution in [1.29, 1.82) is 0 Å². The predicted octanol–water partition coefficient (Wildman–Crippen LogP) is 1.34. The van der Waals surface area contributed by atoms with Crippen molar-refractivity contribution < 1.29 is 14.6 Å². The first-order valence-corrected chi connectivity index (χ1v) is 7.10. The molecule has 0 amide bonds. The first kappa shape index (κ1) is 11.7. The molecule has 2 saturated heterocycles. The van der Waals surface area contributed by atoms with Gasteiger partial charge in [-0.25, -0.2) is 0 Å². The number of fused-ring (bicyclic) bond motifs is 3. The molecule has 0 aliphatic carbocycles. The molecule has 1 aromatic rings. The molecule has 3 aliphatic heterocycles. The van der Waals surface area contributed by atoms with Crippen LogP contribution in [0.4, 0.5) is 0 Å². The second-order valence-electron chi connectivity index (χ2n) is 5.77. The zero-order valence-corrected chi connectivity index (χ0v) is 10.9. The van der Waals surface area contributed by atoms with Crippen LogP contribution < -0.4 is 4.74 Å². The summed E-state index contributed by atoms with van der Waals surface area (Å²) in [7, 11) is 0. The number of aliphatic hydroxyl groups is 1. The molecule has 1 N–H and O–H groups in total. The summed E-state index contributed by atoms with van der Waals surface area (Å²) >= 11 is 0. The van der Waals surface area contributed by atoms with Crippen LogP contribution in [0.25, 0.3) is 0 Å². The van der Waals surface area contributed by atoms with Gasteiger partial charge in [-0.1, -0.05) is 18.2 Å². The van der Waals surface area contributed by atoms with E-state index < -0.39 is 6.10 Å². The fraction of sp³-hybridized carbons (Fsp3) is 0.600. The van der Waals surface area contributed by atoms with E-state index in [0.29, 0.717) is 18.8 Å². The Labute approximate surface area is 112 Å². The summed E-state index contributed by atoms with van der Waals surface area (Å²) in [6.45, 7) is 2.41. The van der Waals surface area contributed by atoms with E-state index >= 15 is 0 Å². The molecule has 2 fully saturated rings. The van der Waals surface area contributed by atoms with Crippen LogP contribution in [0.3, 0.4) is 0 Å². The van der Waals surface area contributed by atoms with Crippen molar-refractivity contribution in [2.45, 2.75) is 37.2 Å². The predicted molar refractivity (Wildman–Crippen MR) is 70.2 cm³/mol. The van der Waals surface area contributed by atoms with Crippen molar-refractivity contribution in [1.82, 2.24) is 4.90 Å². The largest absolute Gasteiger partial charge is 0.491 e. The van der Waals surface area contributed by atoms with Crippen LogP contribution in [0.2, 0.25) is 0 Å². The highest BCUT2D eigenvalue weighted by molar-refractivity contribution is 5.37. The number of likely N-dealkylation sites (tertiary alicyclic amines) is 1. The van der Waals surface area contributed by atoms with Crippen LogP contribution in [-0.4, -0.2) is 48.0 Å². The van der Waals surface area contributed by atoms with E-state index in [4.69, 9.17) is 9.47 Å². The Kier molecular flexibility index (Phi) is 2.76. The zero-order chi connectivity index (χ0) is 12.8. The lowest BCUT2D eigenvalue weighted by molar-refractivity contribution is -0.0862. The molecule has 4 rings (SSSR count). The van der Waals surface area contributed by atoms with Gasteiger partial charge in [-0.3, -0.25) is 4.90 Å². The second kappa shape index (κ2) is 4.47. The van der Waals surface area contributed by atoms with Gasteiger partial charge in [0.05, 0.1) is 18.2 Å². The van der Waals surface area contributed by atoms with Gasteiger partial charge in [-0.05, 0) is 18.9 Å². The molecule has 0 spiro atoms. The van der Waals surface area contributed by atoms with Crippen molar-refractivity contribution in [3.63, 3.8) is 0 Å². The average Bonchev–Trinajstić information content (AvgIpc) is 2.78. The summed E-state index contributed by atoms with van der Waals surface area (Å²) in [6.07, 6.45) is 2.55. The minimum absolute atomic E-state index is 0.0573. The average molecular weight is 261 g/mol. The maximum absolute atomic E-state index is 10.6. The molecular formula is C15H19NO3. The van der Waals surface area contributed by atoms with Gasteiger partial charge >= 0.3 is 0 Å². The Hall–Kier alpha value is -1.10. The fourth-order valence-corrected chi connectivity index (χ4v) is 3.55. The van der Waals surface area contributed by atoms with Crippen molar-refractivity contribution in [3.05, 3.63) is 29.8 Å². The van der Waals surface area contributed by atoms with Crippen LogP contribution in [0, 0.1) is 0 Å². The summed E-state index contributed by atoms with van der Waals surface area (Å²) in [4.78, 5) is 2.35. The Morgan fingerprint density at radius 2 is 1.84 bits per heavy atom. The van der Waals surface area contributed by atoms with Crippen LogP contribution in [0.5, 0.6) is 5.75 Å². The quantitative estimate of drug-likeness (QED) is 0.828. The van der Waals surface area contributed by atoms with E-state index in [1.165, 1.54) is 0 Å². The third-order valence-corrected chi connectivity index (χ3v) is 4.55. The molecule has 2 bridgehead atoms. The van der Waals surface area contributed by atoms with Crippen molar-refractivity contribution in [2.75, 3.05) is 19.7 Å². The molecule has 19 heavy (non-hydrogen) atoms. The smallest absolute Gasteiger partial charge is 0.125 e. The van der Waals surface area contributed by atoms with E-state index in [-0.39, 0.29) is 6.04 Å². The minimum atomic E-state index is -0.456. The van der Waals surface area contributed by atoms with Gasteiger partial charge in [0.2, 0.25) is 0 Å². The Balaban J connectivity index is 1.57. The molecule has 4 unspecified atom stereocenters. The van der Waals surface area contributed by atoms with Crippen LogP contribution >= 0.6 is 0 Å². The van der Waals surface area contributed by atoms with E-state index in [2.05, 4.69) is 4.90 Å². The van der Waals surface area contributed by atoms with Gasteiger partial charge in [0, 0.05) is 18.7 Å². The molecule has 0 radical (unpaired) electrons. The normalized spacial score (nSPS) is 37.7. The number of aliphatic hydroxyl groups excluding tert-OH is 1. The van der Waals surface area contributed by atoms with E-state index in [0.717, 1.165) is 37.2 Å². The maximum atomic E-state index is 10.6. The molecule has 0 aromatic heterocycles. The molecule has 3 aliphatic rings. The summed E-state index contributed by atoms with van der Waals surface area (Å²) in [6, 6.07) is 7.85. The summed E-state index contributed by atoms with van der Waals surface area (Å²) in [5, 5.41) is 10.6. The Bertz CT molecular complexity index is 466. The molecule has 1 aromatic carbocycles. The van der Waals surface area contributed by atoms with Crippen molar-refractivity contribution in [2.24, 2.45) is 0 Å². The van der Waals surface area contributed by atoms with Crippen LogP contribution in [0.15, 0.2) is 24.3 Å². The lowest BCUT2D eigenvalue weighted by atomic mass is 9.97. The standard InChI is InChI=1S/C15H19NO3/c17-15-12-3-1-2-4-14(12)18-9-13(15)16-7-10-5-6-11(8-16)19-10/h1-4,10-11,13,15,17H,5-9H2. The van der Waals surface area contributed by atoms with Crippen LogP contribution in [0.1, 0.15) is 24.5 Å². The molecule has 102 valence electrons. The minimum Gasteiger partial charge on any atom is -0.491 e. The number of hydrogen-bond acceptors (Lipinski definition) is 4. The number of hydrogen-bond donors (Lipinski definition) is 1. The molecule has 0 saturated carbocycles. The van der Waals surface area contributed by atoms with Crippen molar-refractivity contribution in [3.8, 4) is 5.75 Å². The topological polar surface area (TPSA) is 41.9 Å². The SMILES string of the molecule is OC1c2ccccc2OCC1N1CC2CCC(C1)O2. The number of rotatable bonds is 1. The Morgan fingerprint density at radius 3 is 2.63 bits per heavy atom. The molecule has 4 heteroatoms. The van der Waals surface area contributed by atoms with Gasteiger partial charge in [-0.15, -0.1) is 0 Å². The van der Waals surface area contributed by atoms with E-state index in [1.807, 2.05) is 24.3 Å². The van der Waals surface area contributed by atoms with E-state index in [9.17, 15) is 5.11 Å². The first-order valence-electron chi connectivity index (χ1n) is 7.10. The van der Waals surface area contributed by atoms with Gasteiger partial charge < -0.3 is 14.6 Å². The van der Waals surface area contributed by atoms with E-state index in [1.54, 1.807) is 0 Å². The number of benzene rings is 1. The monoisotopic (exact) mass is 261 g/mol. The zero-order valence-electron chi connectivity index (χ0n) is 10.9. The summed E-state index contributed by atoms with van der Waals surface area (Å²) in [5.74, 6) is 0.822. The van der Waals surface area contributed by atoms with Crippen LogP contribution in [-0.2, 0) is 4.74 Å². The number of para-hydroxylation sites is 1. The van der Waals surface area contributed by atoms with Gasteiger partial charge in [-0.2, -0.15) is 0 Å². The second-order valence-corrected chi connectivity index (χ2v) is 5.77. The number of morpholine rings is 1. The summed E-state index contributed by atoms with van der Waals surface area (Å²) in [5.41, 5.74) is 0.914. The third kappa shape index (κ3) is 1.95. The highest BCUT2D eigenvalue weighted by Crippen LogP contribution is 2.36. The van der Waals surface area contributed by atoms with Crippen molar-refractivity contribution >= 4 is 0 Å². The molecule has 3 heterocycles. The molecule has 4 atom stereocenters. The highest BCUT2D eigenvalue weighted by atomic mass is 16.5. The Morgan fingerprint density at radius 1 is 1.11 bits per heavy atom. The fourth-order valence-electron chi connectivity index (χ4n) is 3.55. The molecular weight excluding hydrogens is 242 g/mol. The third-order valence-electron chi connectivity index (χ3n) is 4.55. The number of ether oxygens (including phenoxy) is 2. The summed E-state index contributed by atoms with van der Waals surface area (Å²) < 4.78 is 11.7. The lowest BCUT2D eigenvalue weighted by Gasteiger charge is -2.42. The maximum Gasteiger partial charge on any atom is 0.125 e. The van der Waals surface area contributed by atoms with Gasteiger partial charge in [0.15, 0.2) is 0 Å². The molecule has 4 nitrogen and oxygen atoms in total. The lowest BCUT2D eigenvalue weighted by Crippen LogP contribution is -2.53. The van der Waals surface area contributed by atoms with Gasteiger partial charge in [0.25, 0.3) is 0 Å². The van der Waals surface area contributed by atoms with Gasteiger partial charge in [0.1, 0.15) is 18.5 Å². The number of nitrogens with zero attached hydrogens (tertiary/aromatic N) is 1. The highest BCUT2D eigenvalue weighted by Gasteiger charge is 2.41.